The molecule has 21 heavy (non-hydrogen) atoms. The van der Waals surface area contributed by atoms with Crippen molar-refractivity contribution in [3.63, 3.8) is 0 Å². The molecular formula is C16H23ClO4. The zero-order valence-electron chi connectivity index (χ0n) is 12.9. The fourth-order valence-electron chi connectivity index (χ4n) is 1.78. The molecule has 0 aromatic carbocycles. The van der Waals surface area contributed by atoms with Gasteiger partial charge >= 0.3 is 11.9 Å². The van der Waals surface area contributed by atoms with Gasteiger partial charge in [-0.25, -0.2) is 0 Å². The van der Waals surface area contributed by atoms with Crippen LogP contribution in [0, 0.1) is 5.41 Å². The maximum atomic E-state index is 12.1. The lowest BCUT2D eigenvalue weighted by molar-refractivity contribution is -0.168. The Balaban J connectivity index is 5.35. The van der Waals surface area contributed by atoms with Crippen molar-refractivity contribution < 1.29 is 19.1 Å². The molecule has 0 saturated heterocycles. The molecule has 0 spiro atoms. The Labute approximate surface area is 131 Å². The fraction of sp³-hybridized carbons (Fsp3) is 0.562. The average molecular weight is 315 g/mol. The van der Waals surface area contributed by atoms with Gasteiger partial charge in [0.1, 0.15) is 0 Å². The molecule has 0 aromatic heterocycles. The molecule has 0 rings (SSSR count). The van der Waals surface area contributed by atoms with E-state index in [4.69, 9.17) is 21.1 Å². The van der Waals surface area contributed by atoms with Gasteiger partial charge in [-0.15, -0.1) is 17.3 Å². The Bertz CT molecular complexity index is 404. The third-order valence-corrected chi connectivity index (χ3v) is 3.17. The zero-order chi connectivity index (χ0) is 16.1. The number of hydrogen-bond donors (Lipinski definition) is 0. The summed E-state index contributed by atoms with van der Waals surface area (Å²) in [6.07, 6.45) is 9.14. The minimum absolute atomic E-state index is 0.166. The first-order chi connectivity index (χ1) is 10.1. The van der Waals surface area contributed by atoms with Crippen LogP contribution in [0.2, 0.25) is 0 Å². The summed E-state index contributed by atoms with van der Waals surface area (Å²) in [6, 6.07) is 0. The summed E-state index contributed by atoms with van der Waals surface area (Å²) in [5.41, 5.74) is 1.58. The summed E-state index contributed by atoms with van der Waals surface area (Å²) in [5.74, 6) is -0.936. The molecule has 4 nitrogen and oxygen atoms in total. The van der Waals surface area contributed by atoms with Gasteiger partial charge in [-0.3, -0.25) is 9.59 Å². The number of carbonyl (C=O) groups is 2. The molecule has 0 saturated carbocycles. The van der Waals surface area contributed by atoms with Crippen LogP contribution < -0.4 is 0 Å². The number of esters is 2. The topological polar surface area (TPSA) is 52.6 Å². The second-order valence-corrected chi connectivity index (χ2v) is 4.77. The SMILES string of the molecule is CCCC=C=CCC(C/C=C\CCl)(C(=O)OC)C(=O)OC. The Hall–Kier alpha value is -1.51. The predicted molar refractivity (Wildman–Crippen MR) is 83.1 cm³/mol. The third kappa shape index (κ3) is 6.19. The van der Waals surface area contributed by atoms with E-state index in [-0.39, 0.29) is 12.8 Å². The molecule has 0 aliphatic rings. The lowest BCUT2D eigenvalue weighted by Gasteiger charge is -2.25. The second-order valence-electron chi connectivity index (χ2n) is 4.46. The molecule has 0 atom stereocenters. The van der Waals surface area contributed by atoms with Gasteiger partial charge in [0.05, 0.1) is 14.2 Å². The van der Waals surface area contributed by atoms with E-state index in [1.165, 1.54) is 14.2 Å². The van der Waals surface area contributed by atoms with Crippen molar-refractivity contribution in [2.24, 2.45) is 5.41 Å². The average Bonchev–Trinajstić information content (AvgIpc) is 2.51. The molecule has 0 fully saturated rings. The van der Waals surface area contributed by atoms with Crippen LogP contribution in [0.3, 0.4) is 0 Å². The number of carbonyl (C=O) groups excluding carboxylic acids is 2. The lowest BCUT2D eigenvalue weighted by Crippen LogP contribution is -2.40. The molecule has 0 aromatic rings. The van der Waals surface area contributed by atoms with E-state index in [9.17, 15) is 9.59 Å². The number of ether oxygens (including phenoxy) is 2. The number of hydrogen-bond acceptors (Lipinski definition) is 4. The number of allylic oxidation sites excluding steroid dienone is 3. The fourth-order valence-corrected chi connectivity index (χ4v) is 1.91. The highest BCUT2D eigenvalue weighted by molar-refractivity contribution is 6.18. The third-order valence-electron chi connectivity index (χ3n) is 2.99. The zero-order valence-corrected chi connectivity index (χ0v) is 13.6. The minimum Gasteiger partial charge on any atom is -0.468 e. The summed E-state index contributed by atoms with van der Waals surface area (Å²) in [6.45, 7) is 2.06. The minimum atomic E-state index is -1.39. The van der Waals surface area contributed by atoms with Crippen LogP contribution >= 0.6 is 11.6 Å². The summed E-state index contributed by atoms with van der Waals surface area (Å²) in [4.78, 5) is 24.2. The molecule has 0 bridgehead atoms. The van der Waals surface area contributed by atoms with Gasteiger partial charge in [0.25, 0.3) is 0 Å². The summed E-state index contributed by atoms with van der Waals surface area (Å²) in [5, 5.41) is 0. The number of halogens is 1. The molecule has 0 unspecified atom stereocenters. The molecule has 118 valence electrons. The highest BCUT2D eigenvalue weighted by atomic mass is 35.5. The molecule has 0 heterocycles. The summed E-state index contributed by atoms with van der Waals surface area (Å²) >= 11 is 5.57. The van der Waals surface area contributed by atoms with Crippen LogP contribution in [-0.4, -0.2) is 32.0 Å². The van der Waals surface area contributed by atoms with Gasteiger partial charge in [-0.05, 0) is 31.4 Å². The van der Waals surface area contributed by atoms with Crippen LogP contribution in [0.25, 0.3) is 0 Å². The first-order valence-corrected chi connectivity index (χ1v) is 7.39. The van der Waals surface area contributed by atoms with Crippen molar-refractivity contribution in [1.82, 2.24) is 0 Å². The second kappa shape index (κ2) is 11.2. The van der Waals surface area contributed by atoms with Crippen LogP contribution in [0.5, 0.6) is 0 Å². The van der Waals surface area contributed by atoms with E-state index in [0.717, 1.165) is 12.8 Å². The van der Waals surface area contributed by atoms with Crippen molar-refractivity contribution in [3.05, 3.63) is 30.0 Å². The van der Waals surface area contributed by atoms with E-state index in [1.807, 2.05) is 6.08 Å². The lowest BCUT2D eigenvalue weighted by atomic mass is 9.80. The number of unbranched alkanes of at least 4 members (excludes halogenated alkanes) is 1. The monoisotopic (exact) mass is 314 g/mol. The van der Waals surface area contributed by atoms with Crippen molar-refractivity contribution in [1.29, 1.82) is 0 Å². The molecule has 0 amide bonds. The van der Waals surface area contributed by atoms with Crippen molar-refractivity contribution in [2.45, 2.75) is 32.6 Å². The molecule has 0 N–H and O–H groups in total. The van der Waals surface area contributed by atoms with Crippen LogP contribution in [0.1, 0.15) is 32.6 Å². The molecule has 0 radical (unpaired) electrons. The van der Waals surface area contributed by atoms with Crippen molar-refractivity contribution in [2.75, 3.05) is 20.1 Å². The Morgan fingerprint density at radius 2 is 1.71 bits per heavy atom. The van der Waals surface area contributed by atoms with Gasteiger partial charge in [0, 0.05) is 5.88 Å². The largest absolute Gasteiger partial charge is 0.468 e. The van der Waals surface area contributed by atoms with Gasteiger partial charge < -0.3 is 9.47 Å². The van der Waals surface area contributed by atoms with Gasteiger partial charge in [0.15, 0.2) is 5.41 Å². The molecule has 5 heteroatoms. The van der Waals surface area contributed by atoms with E-state index < -0.39 is 17.4 Å². The van der Waals surface area contributed by atoms with Crippen LogP contribution in [0.15, 0.2) is 30.0 Å². The van der Waals surface area contributed by atoms with Crippen LogP contribution in [0.4, 0.5) is 0 Å². The predicted octanol–water partition coefficient (Wildman–Crippen LogP) is 3.41. The van der Waals surface area contributed by atoms with E-state index >= 15 is 0 Å². The maximum absolute atomic E-state index is 12.1. The standard InChI is InChI=1S/C16H23ClO4/c1-4-5-6-7-8-11-16(14(18)20-2,15(19)21-3)12-9-10-13-17/h6,8-10H,4-5,11-13H2,1-3H3/b10-9-. The van der Waals surface area contributed by atoms with Gasteiger partial charge in [0.2, 0.25) is 0 Å². The van der Waals surface area contributed by atoms with E-state index in [1.54, 1.807) is 18.2 Å². The Morgan fingerprint density at radius 3 is 2.19 bits per heavy atom. The van der Waals surface area contributed by atoms with Gasteiger partial charge in [-0.2, -0.15) is 0 Å². The van der Waals surface area contributed by atoms with Gasteiger partial charge in [-0.1, -0.05) is 25.5 Å². The molecule has 0 aliphatic carbocycles. The quantitative estimate of drug-likeness (QED) is 0.215. The van der Waals surface area contributed by atoms with Crippen molar-refractivity contribution >= 4 is 23.5 Å². The van der Waals surface area contributed by atoms with Crippen molar-refractivity contribution in [3.8, 4) is 0 Å². The normalized spacial score (nSPS) is 10.9. The van der Waals surface area contributed by atoms with E-state index in [0.29, 0.717) is 5.88 Å². The Morgan fingerprint density at radius 1 is 1.10 bits per heavy atom. The number of methoxy groups -OCH3 is 2. The molecule has 0 aliphatic heterocycles. The highest BCUT2D eigenvalue weighted by Crippen LogP contribution is 2.31. The number of rotatable bonds is 9. The Kier molecular flexibility index (Phi) is 10.4. The highest BCUT2D eigenvalue weighted by Gasteiger charge is 2.46. The van der Waals surface area contributed by atoms with Crippen LogP contribution in [-0.2, 0) is 19.1 Å². The first kappa shape index (κ1) is 19.5. The molecular weight excluding hydrogens is 292 g/mol. The maximum Gasteiger partial charge on any atom is 0.323 e. The summed E-state index contributed by atoms with van der Waals surface area (Å²) < 4.78 is 9.57. The number of alkyl halides is 1. The summed E-state index contributed by atoms with van der Waals surface area (Å²) in [7, 11) is 2.50. The first-order valence-electron chi connectivity index (χ1n) is 6.86. The van der Waals surface area contributed by atoms with E-state index in [2.05, 4.69) is 12.7 Å². The smallest absolute Gasteiger partial charge is 0.323 e.